The Kier molecular flexibility index (Phi) is 6.53. The van der Waals surface area contributed by atoms with Crippen molar-refractivity contribution < 1.29 is 28.0 Å². The molecule has 6 nitrogen and oxygen atoms in total. The molecule has 7 heteroatoms. The van der Waals surface area contributed by atoms with E-state index < -0.39 is 18.3 Å². The predicted molar refractivity (Wildman–Crippen MR) is 133 cm³/mol. The van der Waals surface area contributed by atoms with Gasteiger partial charge < -0.3 is 23.2 Å². The van der Waals surface area contributed by atoms with Gasteiger partial charge in [-0.25, -0.2) is 0 Å². The summed E-state index contributed by atoms with van der Waals surface area (Å²) in [5.74, 6) is 0.406. The topological polar surface area (TPSA) is 67.1 Å². The van der Waals surface area contributed by atoms with E-state index in [-0.39, 0.29) is 12.4 Å². The molecular weight excluding hydrogens is 431 g/mol. The molecule has 1 fully saturated rings. The number of hydrogen-bond donors (Lipinski definition) is 0. The number of benzene rings is 2. The van der Waals surface area contributed by atoms with Crippen LogP contribution in [0.3, 0.4) is 0 Å². The van der Waals surface area contributed by atoms with Crippen LogP contribution in [0.15, 0.2) is 41.0 Å². The van der Waals surface area contributed by atoms with Crippen LogP contribution in [0.25, 0.3) is 11.0 Å². The Morgan fingerprint density at radius 1 is 1.03 bits per heavy atom. The summed E-state index contributed by atoms with van der Waals surface area (Å²) in [5, 5.41) is 1.00. The molecule has 0 radical (unpaired) electrons. The molecule has 180 valence electrons. The van der Waals surface area contributed by atoms with Crippen molar-refractivity contribution in [2.75, 3.05) is 6.61 Å². The van der Waals surface area contributed by atoms with Crippen molar-refractivity contribution in [3.05, 3.63) is 58.8 Å². The fraction of sp³-hybridized carbons (Fsp3) is 0.444. The Labute approximate surface area is 201 Å². The lowest BCUT2D eigenvalue weighted by molar-refractivity contribution is -0.142. The number of carbonyl (C=O) groups is 1. The van der Waals surface area contributed by atoms with E-state index in [0.29, 0.717) is 19.0 Å². The van der Waals surface area contributed by atoms with Gasteiger partial charge in [-0.05, 0) is 77.3 Å². The molecule has 0 amide bonds. The van der Waals surface area contributed by atoms with Gasteiger partial charge in [-0.1, -0.05) is 18.2 Å². The number of aryl methyl sites for hydroxylation is 2. The highest BCUT2D eigenvalue weighted by molar-refractivity contribution is 6.64. The molecule has 2 heterocycles. The van der Waals surface area contributed by atoms with Crippen molar-refractivity contribution in [1.82, 2.24) is 0 Å². The van der Waals surface area contributed by atoms with Crippen LogP contribution in [0.4, 0.5) is 0 Å². The monoisotopic (exact) mass is 464 g/mol. The quantitative estimate of drug-likeness (QED) is 0.361. The predicted octanol–water partition coefficient (Wildman–Crippen LogP) is 5.03. The molecule has 3 aromatic rings. The van der Waals surface area contributed by atoms with Crippen LogP contribution in [0, 0.1) is 13.8 Å². The first-order valence-corrected chi connectivity index (χ1v) is 11.7. The van der Waals surface area contributed by atoms with Gasteiger partial charge in [0.25, 0.3) is 0 Å². The number of rotatable bonds is 7. The molecule has 34 heavy (non-hydrogen) atoms. The largest absolute Gasteiger partial charge is 0.498 e. The first-order chi connectivity index (χ1) is 16.0. The van der Waals surface area contributed by atoms with Crippen LogP contribution in [0.5, 0.6) is 5.75 Å². The summed E-state index contributed by atoms with van der Waals surface area (Å²) in [5.41, 5.74) is 4.55. The first kappa shape index (κ1) is 24.4. The van der Waals surface area contributed by atoms with Crippen LogP contribution in [0.1, 0.15) is 56.9 Å². The van der Waals surface area contributed by atoms with Crippen molar-refractivity contribution in [3.8, 4) is 5.75 Å². The van der Waals surface area contributed by atoms with Crippen molar-refractivity contribution >= 4 is 29.5 Å². The van der Waals surface area contributed by atoms with Crippen LogP contribution < -0.4 is 10.2 Å². The third kappa shape index (κ3) is 4.72. The van der Waals surface area contributed by atoms with Gasteiger partial charge >= 0.3 is 13.1 Å². The van der Waals surface area contributed by atoms with Gasteiger partial charge in [0.05, 0.1) is 30.5 Å². The van der Waals surface area contributed by atoms with E-state index in [9.17, 15) is 4.79 Å². The average molecular weight is 464 g/mol. The maximum Gasteiger partial charge on any atom is 0.498 e. The minimum atomic E-state index is -0.545. The van der Waals surface area contributed by atoms with Gasteiger partial charge in [0.1, 0.15) is 17.9 Å². The summed E-state index contributed by atoms with van der Waals surface area (Å²) in [6.45, 7) is 14.6. The number of hydrogen-bond acceptors (Lipinski definition) is 6. The summed E-state index contributed by atoms with van der Waals surface area (Å²) >= 11 is 0. The molecule has 0 bridgehead atoms. The number of furan rings is 1. The second-order valence-corrected chi connectivity index (χ2v) is 9.95. The van der Waals surface area contributed by atoms with Crippen molar-refractivity contribution in [3.63, 3.8) is 0 Å². The van der Waals surface area contributed by atoms with Crippen molar-refractivity contribution in [2.45, 2.75) is 72.7 Å². The van der Waals surface area contributed by atoms with E-state index in [2.05, 4.69) is 6.07 Å². The second-order valence-electron chi connectivity index (χ2n) is 9.95. The van der Waals surface area contributed by atoms with Crippen LogP contribution in [-0.4, -0.2) is 30.9 Å². The average Bonchev–Trinajstić information content (AvgIpc) is 3.23. The van der Waals surface area contributed by atoms with E-state index >= 15 is 0 Å². The zero-order valence-electron chi connectivity index (χ0n) is 21.1. The van der Waals surface area contributed by atoms with E-state index in [1.807, 2.05) is 65.8 Å². The Morgan fingerprint density at radius 3 is 2.41 bits per heavy atom. The Morgan fingerprint density at radius 2 is 1.74 bits per heavy atom. The highest BCUT2D eigenvalue weighted by Gasteiger charge is 2.52. The highest BCUT2D eigenvalue weighted by atomic mass is 16.7. The third-order valence-electron chi connectivity index (χ3n) is 6.72. The van der Waals surface area contributed by atoms with Gasteiger partial charge in [0, 0.05) is 16.4 Å². The molecule has 1 aliphatic rings. The van der Waals surface area contributed by atoms with Gasteiger partial charge in [-0.15, -0.1) is 0 Å². The van der Waals surface area contributed by atoms with Crippen LogP contribution >= 0.6 is 0 Å². The zero-order chi connectivity index (χ0) is 24.7. The number of ether oxygens (including phenoxy) is 2. The van der Waals surface area contributed by atoms with Gasteiger partial charge in [0.15, 0.2) is 0 Å². The molecule has 0 atom stereocenters. The van der Waals surface area contributed by atoms with Crippen molar-refractivity contribution in [1.29, 1.82) is 0 Å². The maximum atomic E-state index is 12.1. The van der Waals surface area contributed by atoms with Gasteiger partial charge in [-0.3, -0.25) is 4.79 Å². The molecule has 0 N–H and O–H groups in total. The third-order valence-corrected chi connectivity index (χ3v) is 6.72. The minimum Gasteiger partial charge on any atom is -0.489 e. The van der Waals surface area contributed by atoms with Crippen molar-refractivity contribution in [2.24, 2.45) is 0 Å². The number of carbonyl (C=O) groups excluding carboxylic acids is 1. The fourth-order valence-corrected chi connectivity index (χ4v) is 4.05. The van der Waals surface area contributed by atoms with Crippen LogP contribution in [0.2, 0.25) is 0 Å². The summed E-state index contributed by atoms with van der Waals surface area (Å²) < 4.78 is 29.9. The number of fused-ring (bicyclic) bond motifs is 1. The lowest BCUT2D eigenvalue weighted by atomic mass is 9.77. The molecule has 1 saturated heterocycles. The van der Waals surface area contributed by atoms with Crippen LogP contribution in [-0.2, 0) is 31.9 Å². The Hall–Kier alpha value is -2.77. The molecule has 0 saturated carbocycles. The first-order valence-electron chi connectivity index (χ1n) is 11.7. The van der Waals surface area contributed by atoms with E-state index in [0.717, 1.165) is 38.7 Å². The molecule has 0 unspecified atom stereocenters. The van der Waals surface area contributed by atoms with E-state index in [1.165, 1.54) is 0 Å². The Bertz CT molecular complexity index is 1190. The molecular formula is C27H33BO6. The zero-order valence-corrected chi connectivity index (χ0v) is 21.1. The van der Waals surface area contributed by atoms with E-state index in [4.69, 9.17) is 23.2 Å². The molecule has 0 aliphatic carbocycles. The minimum absolute atomic E-state index is 0.169. The Balaban J connectivity index is 1.64. The lowest BCUT2D eigenvalue weighted by Crippen LogP contribution is -2.41. The number of esters is 1. The second kappa shape index (κ2) is 9.12. The summed E-state index contributed by atoms with van der Waals surface area (Å²) in [6, 6.07) is 9.93. The summed E-state index contributed by atoms with van der Waals surface area (Å²) in [6.07, 6.45) is 1.92. The molecule has 0 spiro atoms. The summed E-state index contributed by atoms with van der Waals surface area (Å²) in [4.78, 5) is 12.1. The lowest BCUT2D eigenvalue weighted by Gasteiger charge is -2.32. The van der Waals surface area contributed by atoms with Gasteiger partial charge in [0.2, 0.25) is 0 Å². The van der Waals surface area contributed by atoms with Gasteiger partial charge in [-0.2, -0.15) is 0 Å². The fourth-order valence-electron chi connectivity index (χ4n) is 4.05. The highest BCUT2D eigenvalue weighted by Crippen LogP contribution is 2.37. The molecule has 1 aromatic heterocycles. The normalized spacial score (nSPS) is 16.7. The maximum absolute atomic E-state index is 12.1. The van der Waals surface area contributed by atoms with E-state index in [1.54, 1.807) is 13.2 Å². The SMILES string of the molecule is CCOC(=O)Cc1ccc(C)cc1OCc1cc(B2OC(C)(C)C(C)(C)O2)c2occ(C)c2c1. The molecule has 1 aliphatic heterocycles. The standard InChI is InChI=1S/C27H33BO6/c1-8-30-24(29)14-20-10-9-17(2)11-23(20)31-16-19-12-21-18(3)15-32-25(21)22(13-19)28-33-26(4,5)27(6,7)34-28/h9-13,15H,8,14,16H2,1-7H3. The summed E-state index contributed by atoms with van der Waals surface area (Å²) in [7, 11) is -0.545. The molecule has 2 aromatic carbocycles. The molecule has 4 rings (SSSR count). The smallest absolute Gasteiger partial charge is 0.489 e.